The number of amides is 2. The fourth-order valence-electron chi connectivity index (χ4n) is 2.47. The fraction of sp³-hybridized carbons (Fsp3) is 0.500. The molecule has 2 rings (SSSR count). The van der Waals surface area contributed by atoms with E-state index in [1.807, 2.05) is 0 Å². The van der Waals surface area contributed by atoms with Crippen molar-refractivity contribution in [3.05, 3.63) is 35.6 Å². The lowest BCUT2D eigenvalue weighted by Gasteiger charge is -2.35. The van der Waals surface area contributed by atoms with Gasteiger partial charge in [0.2, 0.25) is 5.91 Å². The smallest absolute Gasteiger partial charge is 0.409 e. The van der Waals surface area contributed by atoms with E-state index in [1.165, 1.54) is 6.07 Å². The highest BCUT2D eigenvalue weighted by molar-refractivity contribution is 9.10. The van der Waals surface area contributed by atoms with Gasteiger partial charge in [-0.2, -0.15) is 0 Å². The SMILES string of the molecule is CCOC(=O)N1CCN(C(=O)C(Br)Cc2ccccc2F)CC1. The number of benzene rings is 1. The summed E-state index contributed by atoms with van der Waals surface area (Å²) in [6.45, 7) is 3.90. The molecule has 0 saturated carbocycles. The fourth-order valence-corrected chi connectivity index (χ4v) is 3.10. The third kappa shape index (κ3) is 4.67. The molecule has 0 spiro atoms. The maximum absolute atomic E-state index is 13.7. The minimum Gasteiger partial charge on any atom is -0.450 e. The second-order valence-electron chi connectivity index (χ2n) is 5.27. The Labute approximate surface area is 143 Å². The Hall–Kier alpha value is -1.63. The lowest BCUT2D eigenvalue weighted by molar-refractivity contribution is -0.132. The van der Waals surface area contributed by atoms with Crippen LogP contribution < -0.4 is 0 Å². The molecule has 1 atom stereocenters. The van der Waals surface area contributed by atoms with E-state index in [1.54, 1.807) is 34.9 Å². The summed E-state index contributed by atoms with van der Waals surface area (Å²) in [6.07, 6.45) is -0.0507. The maximum atomic E-state index is 13.7. The number of halogens is 2. The molecule has 0 N–H and O–H groups in total. The van der Waals surface area contributed by atoms with Crippen LogP contribution in [0.1, 0.15) is 12.5 Å². The van der Waals surface area contributed by atoms with Gasteiger partial charge in [0.15, 0.2) is 0 Å². The monoisotopic (exact) mass is 386 g/mol. The van der Waals surface area contributed by atoms with Crippen molar-refractivity contribution in [2.45, 2.75) is 18.2 Å². The van der Waals surface area contributed by atoms with Crippen molar-refractivity contribution in [2.24, 2.45) is 0 Å². The van der Waals surface area contributed by atoms with Crippen LogP contribution >= 0.6 is 15.9 Å². The molecule has 1 fully saturated rings. The lowest BCUT2D eigenvalue weighted by atomic mass is 10.1. The van der Waals surface area contributed by atoms with Crippen molar-refractivity contribution in [3.63, 3.8) is 0 Å². The van der Waals surface area contributed by atoms with Gasteiger partial charge in [0.1, 0.15) is 5.82 Å². The average molecular weight is 387 g/mol. The first-order chi connectivity index (χ1) is 11.0. The normalized spacial score (nSPS) is 16.1. The Morgan fingerprint density at radius 3 is 2.43 bits per heavy atom. The molecule has 1 saturated heterocycles. The molecule has 1 aromatic rings. The minimum atomic E-state index is -0.478. The molecular formula is C16H20BrFN2O3. The van der Waals surface area contributed by atoms with E-state index in [0.717, 1.165) is 0 Å². The molecule has 126 valence electrons. The van der Waals surface area contributed by atoms with Crippen LogP contribution in [0.15, 0.2) is 24.3 Å². The van der Waals surface area contributed by atoms with E-state index in [4.69, 9.17) is 4.74 Å². The molecule has 0 bridgehead atoms. The topological polar surface area (TPSA) is 49.9 Å². The zero-order valence-corrected chi connectivity index (χ0v) is 14.6. The van der Waals surface area contributed by atoms with Crippen LogP contribution in [0.5, 0.6) is 0 Å². The third-order valence-electron chi connectivity index (χ3n) is 3.74. The molecule has 1 aromatic carbocycles. The molecule has 0 aromatic heterocycles. The number of ether oxygens (including phenoxy) is 1. The highest BCUT2D eigenvalue weighted by atomic mass is 79.9. The van der Waals surface area contributed by atoms with Crippen LogP contribution in [-0.2, 0) is 16.0 Å². The van der Waals surface area contributed by atoms with Gasteiger partial charge in [-0.1, -0.05) is 34.1 Å². The molecule has 1 aliphatic rings. The van der Waals surface area contributed by atoms with Crippen molar-refractivity contribution >= 4 is 27.9 Å². The highest BCUT2D eigenvalue weighted by Crippen LogP contribution is 2.17. The van der Waals surface area contributed by atoms with Gasteiger partial charge in [-0.15, -0.1) is 0 Å². The summed E-state index contributed by atoms with van der Waals surface area (Å²) in [4.78, 5) is 26.9. The first kappa shape index (κ1) is 17.7. The van der Waals surface area contributed by atoms with E-state index in [0.29, 0.717) is 44.8 Å². The van der Waals surface area contributed by atoms with Crippen LogP contribution in [0.25, 0.3) is 0 Å². The largest absolute Gasteiger partial charge is 0.450 e. The number of nitrogens with zero attached hydrogens (tertiary/aromatic N) is 2. The van der Waals surface area contributed by atoms with E-state index in [2.05, 4.69) is 15.9 Å². The van der Waals surface area contributed by atoms with Gasteiger partial charge >= 0.3 is 6.09 Å². The quantitative estimate of drug-likeness (QED) is 0.746. The summed E-state index contributed by atoms with van der Waals surface area (Å²) in [5, 5.41) is 0. The summed E-state index contributed by atoms with van der Waals surface area (Å²) in [6, 6.07) is 6.44. The average Bonchev–Trinajstić information content (AvgIpc) is 2.56. The molecule has 1 heterocycles. The van der Waals surface area contributed by atoms with Crippen LogP contribution in [0.2, 0.25) is 0 Å². The van der Waals surface area contributed by atoms with Gasteiger partial charge in [0, 0.05) is 26.2 Å². The van der Waals surface area contributed by atoms with E-state index in [-0.39, 0.29) is 17.8 Å². The number of alkyl halides is 1. The molecule has 0 radical (unpaired) electrons. The Morgan fingerprint density at radius 1 is 1.22 bits per heavy atom. The Kier molecular flexibility index (Phi) is 6.38. The van der Waals surface area contributed by atoms with Gasteiger partial charge < -0.3 is 14.5 Å². The molecule has 1 unspecified atom stereocenters. The molecular weight excluding hydrogens is 367 g/mol. The summed E-state index contributed by atoms with van der Waals surface area (Å²) in [5.74, 6) is -0.395. The number of carbonyl (C=O) groups excluding carboxylic acids is 2. The summed E-state index contributed by atoms with van der Waals surface area (Å²) in [5.41, 5.74) is 0.507. The molecule has 5 nitrogen and oxygen atoms in total. The van der Waals surface area contributed by atoms with Crippen LogP contribution in [-0.4, -0.2) is 59.4 Å². The number of rotatable bonds is 4. The summed E-state index contributed by atoms with van der Waals surface area (Å²) in [7, 11) is 0. The molecule has 7 heteroatoms. The number of carbonyl (C=O) groups is 2. The number of hydrogen-bond donors (Lipinski definition) is 0. The minimum absolute atomic E-state index is 0.0863. The second kappa shape index (κ2) is 8.29. The van der Waals surface area contributed by atoms with Crippen molar-refractivity contribution < 1.29 is 18.7 Å². The molecule has 23 heavy (non-hydrogen) atoms. The highest BCUT2D eigenvalue weighted by Gasteiger charge is 2.28. The number of hydrogen-bond acceptors (Lipinski definition) is 3. The van der Waals surface area contributed by atoms with Crippen molar-refractivity contribution in [3.8, 4) is 0 Å². The van der Waals surface area contributed by atoms with Crippen molar-refractivity contribution in [1.29, 1.82) is 0 Å². The lowest BCUT2D eigenvalue weighted by Crippen LogP contribution is -2.52. The number of piperazine rings is 1. The summed E-state index contributed by atoms with van der Waals surface area (Å²) < 4.78 is 18.6. The van der Waals surface area contributed by atoms with Crippen LogP contribution in [0.3, 0.4) is 0 Å². The van der Waals surface area contributed by atoms with E-state index >= 15 is 0 Å². The second-order valence-corrected chi connectivity index (χ2v) is 6.38. The van der Waals surface area contributed by atoms with Gasteiger partial charge in [-0.3, -0.25) is 4.79 Å². The van der Waals surface area contributed by atoms with Gasteiger partial charge in [0.05, 0.1) is 11.4 Å². The zero-order chi connectivity index (χ0) is 16.8. The van der Waals surface area contributed by atoms with Gasteiger partial charge in [0.25, 0.3) is 0 Å². The van der Waals surface area contributed by atoms with Crippen LogP contribution in [0, 0.1) is 5.82 Å². The molecule has 0 aliphatic carbocycles. The Balaban J connectivity index is 1.87. The van der Waals surface area contributed by atoms with Gasteiger partial charge in [-0.25, -0.2) is 9.18 Å². The molecule has 1 aliphatic heterocycles. The first-order valence-corrected chi connectivity index (χ1v) is 8.52. The van der Waals surface area contributed by atoms with Crippen LogP contribution in [0.4, 0.5) is 9.18 Å². The van der Waals surface area contributed by atoms with Crippen molar-refractivity contribution in [1.82, 2.24) is 9.80 Å². The van der Waals surface area contributed by atoms with Crippen molar-refractivity contribution in [2.75, 3.05) is 32.8 Å². The first-order valence-electron chi connectivity index (χ1n) is 7.61. The van der Waals surface area contributed by atoms with Gasteiger partial charge in [-0.05, 0) is 25.0 Å². The predicted molar refractivity (Wildman–Crippen MR) is 88.0 cm³/mol. The predicted octanol–water partition coefficient (Wildman–Crippen LogP) is 2.43. The van der Waals surface area contributed by atoms with E-state index < -0.39 is 4.83 Å². The van der Waals surface area contributed by atoms with E-state index in [9.17, 15) is 14.0 Å². The molecule has 2 amide bonds. The maximum Gasteiger partial charge on any atom is 0.409 e. The standard InChI is InChI=1S/C16H20BrFN2O3/c1-2-23-16(22)20-9-7-19(8-10-20)15(21)13(17)11-12-5-3-4-6-14(12)18/h3-6,13H,2,7-11H2,1H3. The Morgan fingerprint density at radius 2 is 1.83 bits per heavy atom. The summed E-state index contributed by atoms with van der Waals surface area (Å²) >= 11 is 3.36. The Bertz CT molecular complexity index is 562. The zero-order valence-electron chi connectivity index (χ0n) is 13.0. The third-order valence-corrected chi connectivity index (χ3v) is 4.46.